The largest absolute Gasteiger partial charge is 0.573 e. The van der Waals surface area contributed by atoms with E-state index < -0.39 is 12.3 Å². The third kappa shape index (κ3) is 4.17. The maximum atomic E-state index is 12.2. The quantitative estimate of drug-likeness (QED) is 0.641. The monoisotopic (exact) mass is 368 g/mol. The SMILES string of the molecule is O=C(NO)c1ccc2c(c1)N(Cc1ccc(OC(F)(F)F)cc1)CCO2. The van der Waals surface area contributed by atoms with Crippen molar-refractivity contribution in [1.82, 2.24) is 5.48 Å². The van der Waals surface area contributed by atoms with E-state index in [2.05, 4.69) is 4.74 Å². The van der Waals surface area contributed by atoms with Crippen molar-refractivity contribution in [2.24, 2.45) is 0 Å². The highest BCUT2D eigenvalue weighted by molar-refractivity contribution is 5.95. The van der Waals surface area contributed by atoms with E-state index in [0.717, 1.165) is 5.56 Å². The standard InChI is InChI=1S/C17H15F3N2O4/c18-17(19,20)26-13-4-1-11(2-5-13)10-22-7-8-25-15-6-3-12(9-14(15)22)16(23)21-24/h1-6,9,24H,7-8,10H2,(H,21,23). The fraction of sp³-hybridized carbons (Fsp3) is 0.235. The molecule has 0 saturated carbocycles. The summed E-state index contributed by atoms with van der Waals surface area (Å²) in [5.74, 6) is -0.347. The molecule has 0 radical (unpaired) electrons. The predicted molar refractivity (Wildman–Crippen MR) is 85.4 cm³/mol. The maximum Gasteiger partial charge on any atom is 0.573 e. The fourth-order valence-electron chi connectivity index (χ4n) is 2.66. The summed E-state index contributed by atoms with van der Waals surface area (Å²) >= 11 is 0. The summed E-state index contributed by atoms with van der Waals surface area (Å²) in [6, 6.07) is 10.3. The van der Waals surface area contributed by atoms with Gasteiger partial charge in [-0.1, -0.05) is 12.1 Å². The van der Waals surface area contributed by atoms with Gasteiger partial charge in [-0.2, -0.15) is 0 Å². The second kappa shape index (κ2) is 7.12. The van der Waals surface area contributed by atoms with Crippen molar-refractivity contribution in [2.45, 2.75) is 12.9 Å². The van der Waals surface area contributed by atoms with Crippen molar-refractivity contribution in [1.29, 1.82) is 0 Å². The number of hydrogen-bond acceptors (Lipinski definition) is 5. The second-order valence-corrected chi connectivity index (χ2v) is 5.59. The first-order valence-electron chi connectivity index (χ1n) is 7.66. The lowest BCUT2D eigenvalue weighted by Crippen LogP contribution is -2.32. The highest BCUT2D eigenvalue weighted by Crippen LogP contribution is 2.33. The van der Waals surface area contributed by atoms with Crippen LogP contribution in [0.25, 0.3) is 0 Å². The van der Waals surface area contributed by atoms with Gasteiger partial charge in [0.15, 0.2) is 0 Å². The van der Waals surface area contributed by atoms with Gasteiger partial charge in [0.05, 0.1) is 12.2 Å². The number of alkyl halides is 3. The Morgan fingerprint density at radius 1 is 1.23 bits per heavy atom. The molecule has 1 aliphatic rings. The molecule has 9 heteroatoms. The van der Waals surface area contributed by atoms with E-state index in [9.17, 15) is 18.0 Å². The van der Waals surface area contributed by atoms with E-state index in [4.69, 9.17) is 9.94 Å². The first-order valence-corrected chi connectivity index (χ1v) is 7.66. The molecule has 6 nitrogen and oxygen atoms in total. The van der Waals surface area contributed by atoms with Crippen LogP contribution in [0.1, 0.15) is 15.9 Å². The number of nitrogens with one attached hydrogen (secondary N) is 1. The van der Waals surface area contributed by atoms with Crippen LogP contribution in [0.5, 0.6) is 11.5 Å². The number of hydroxylamine groups is 1. The first-order chi connectivity index (χ1) is 12.4. The second-order valence-electron chi connectivity index (χ2n) is 5.59. The van der Waals surface area contributed by atoms with Gasteiger partial charge in [0.25, 0.3) is 5.91 Å². The van der Waals surface area contributed by atoms with Gasteiger partial charge in [-0.25, -0.2) is 5.48 Å². The average Bonchev–Trinajstić information content (AvgIpc) is 2.61. The molecule has 1 heterocycles. The number of fused-ring (bicyclic) bond motifs is 1. The van der Waals surface area contributed by atoms with Crippen LogP contribution in [0.3, 0.4) is 0 Å². The van der Waals surface area contributed by atoms with Gasteiger partial charge >= 0.3 is 6.36 Å². The van der Waals surface area contributed by atoms with Gasteiger partial charge in [0.2, 0.25) is 0 Å². The smallest absolute Gasteiger partial charge is 0.490 e. The van der Waals surface area contributed by atoms with Crippen molar-refractivity contribution in [3.8, 4) is 11.5 Å². The third-order valence-corrected chi connectivity index (χ3v) is 3.81. The minimum Gasteiger partial charge on any atom is -0.490 e. The van der Waals surface area contributed by atoms with Crippen molar-refractivity contribution in [3.05, 3.63) is 53.6 Å². The van der Waals surface area contributed by atoms with Crippen LogP contribution < -0.4 is 19.9 Å². The molecular weight excluding hydrogens is 353 g/mol. The van der Waals surface area contributed by atoms with Crippen molar-refractivity contribution in [3.63, 3.8) is 0 Å². The lowest BCUT2D eigenvalue weighted by atomic mass is 10.1. The number of carbonyl (C=O) groups excluding carboxylic acids is 1. The Hall–Kier alpha value is -2.94. The van der Waals surface area contributed by atoms with Crippen LogP contribution in [0, 0.1) is 0 Å². The number of benzene rings is 2. The summed E-state index contributed by atoms with van der Waals surface area (Å²) < 4.78 is 46.1. The van der Waals surface area contributed by atoms with Gasteiger partial charge in [0.1, 0.15) is 18.1 Å². The summed E-state index contributed by atoms with van der Waals surface area (Å²) in [6.45, 7) is 1.39. The minimum atomic E-state index is -4.73. The van der Waals surface area contributed by atoms with E-state index in [0.29, 0.717) is 31.1 Å². The number of carbonyl (C=O) groups is 1. The van der Waals surface area contributed by atoms with E-state index in [1.54, 1.807) is 29.7 Å². The third-order valence-electron chi connectivity index (χ3n) is 3.81. The zero-order valence-electron chi connectivity index (χ0n) is 13.4. The maximum absolute atomic E-state index is 12.2. The zero-order chi connectivity index (χ0) is 18.7. The Labute approximate surface area is 146 Å². The summed E-state index contributed by atoms with van der Waals surface area (Å²) in [4.78, 5) is 13.5. The van der Waals surface area contributed by atoms with E-state index in [1.807, 2.05) is 4.90 Å². The molecule has 2 aromatic rings. The lowest BCUT2D eigenvalue weighted by molar-refractivity contribution is -0.274. The normalized spacial score (nSPS) is 13.6. The molecule has 2 N–H and O–H groups in total. The van der Waals surface area contributed by atoms with Crippen LogP contribution >= 0.6 is 0 Å². The van der Waals surface area contributed by atoms with Crippen molar-refractivity contribution < 1.29 is 32.6 Å². The molecule has 0 unspecified atom stereocenters. The molecule has 1 aliphatic heterocycles. The average molecular weight is 368 g/mol. The summed E-state index contributed by atoms with van der Waals surface area (Å²) in [6.07, 6.45) is -4.73. The minimum absolute atomic E-state index is 0.260. The van der Waals surface area contributed by atoms with Gasteiger partial charge < -0.3 is 14.4 Å². The van der Waals surface area contributed by atoms with Crippen LogP contribution in [-0.4, -0.2) is 30.6 Å². The van der Waals surface area contributed by atoms with Gasteiger partial charge in [-0.3, -0.25) is 10.0 Å². The molecule has 0 aromatic heterocycles. The van der Waals surface area contributed by atoms with E-state index in [1.165, 1.54) is 18.2 Å². The van der Waals surface area contributed by atoms with Crippen molar-refractivity contribution >= 4 is 11.6 Å². The molecule has 0 bridgehead atoms. The highest BCUT2D eigenvalue weighted by Gasteiger charge is 2.31. The molecule has 138 valence electrons. The molecule has 0 spiro atoms. The number of nitrogens with zero attached hydrogens (tertiary/aromatic N) is 1. The summed E-state index contributed by atoms with van der Waals surface area (Å²) in [5, 5.41) is 8.76. The number of rotatable bonds is 4. The summed E-state index contributed by atoms with van der Waals surface area (Å²) in [5.41, 5.74) is 3.26. The molecule has 3 rings (SSSR count). The number of amides is 1. The molecule has 0 aliphatic carbocycles. The van der Waals surface area contributed by atoms with Crippen molar-refractivity contribution in [2.75, 3.05) is 18.1 Å². The predicted octanol–water partition coefficient (Wildman–Crippen LogP) is 3.10. The van der Waals surface area contributed by atoms with Gasteiger partial charge in [-0.05, 0) is 35.9 Å². The molecule has 0 atom stereocenters. The topological polar surface area (TPSA) is 71.0 Å². The van der Waals surface area contributed by atoms with Crippen LogP contribution in [0.4, 0.5) is 18.9 Å². The number of halogens is 3. The van der Waals surface area contributed by atoms with E-state index >= 15 is 0 Å². The molecule has 1 amide bonds. The Morgan fingerprint density at radius 3 is 2.62 bits per heavy atom. The fourth-order valence-corrected chi connectivity index (χ4v) is 2.66. The molecule has 0 fully saturated rings. The molecular formula is C17H15F3N2O4. The zero-order valence-corrected chi connectivity index (χ0v) is 13.4. The van der Waals surface area contributed by atoms with Crippen LogP contribution in [-0.2, 0) is 6.54 Å². The Bertz CT molecular complexity index is 794. The molecule has 2 aromatic carbocycles. The first kappa shape index (κ1) is 17.9. The van der Waals surface area contributed by atoms with Gasteiger partial charge in [0, 0.05) is 12.1 Å². The highest BCUT2D eigenvalue weighted by atomic mass is 19.4. The van der Waals surface area contributed by atoms with Gasteiger partial charge in [-0.15, -0.1) is 13.2 Å². The van der Waals surface area contributed by atoms with E-state index in [-0.39, 0.29) is 11.3 Å². The number of anilines is 1. The molecule has 26 heavy (non-hydrogen) atoms. The molecule has 0 saturated heterocycles. The summed E-state index contributed by atoms with van der Waals surface area (Å²) in [7, 11) is 0. The number of hydrogen-bond donors (Lipinski definition) is 2. The number of ether oxygens (including phenoxy) is 2. The lowest BCUT2D eigenvalue weighted by Gasteiger charge is -2.31. The van der Waals surface area contributed by atoms with Crippen LogP contribution in [0.15, 0.2) is 42.5 Å². The Morgan fingerprint density at radius 2 is 1.96 bits per heavy atom. The Kier molecular flexibility index (Phi) is 4.90. The Balaban J connectivity index is 1.78. The van der Waals surface area contributed by atoms with Crippen LogP contribution in [0.2, 0.25) is 0 Å².